The first-order valence-electron chi connectivity index (χ1n) is 6.71. The number of aryl methyl sites for hydroxylation is 2. The van der Waals surface area contributed by atoms with Gasteiger partial charge in [0.05, 0.1) is 5.56 Å². The molecule has 1 aliphatic rings. The molecule has 1 aliphatic heterocycles. The summed E-state index contributed by atoms with van der Waals surface area (Å²) in [6.45, 7) is 5.28. The summed E-state index contributed by atoms with van der Waals surface area (Å²) in [5.74, 6) is 1.10. The minimum atomic E-state index is -0.458. The van der Waals surface area contributed by atoms with E-state index in [1.165, 1.54) is 4.90 Å². The molecule has 0 spiro atoms. The van der Waals surface area contributed by atoms with Crippen molar-refractivity contribution in [3.63, 3.8) is 0 Å². The number of hydrogen-bond donors (Lipinski definition) is 1. The Morgan fingerprint density at radius 3 is 2.65 bits per heavy atom. The SMILES string of the molecule is Cc1cc(C(=O)N2CCNCC2C(=O)N(C)C)c(C)o1. The molecular weight excluding hydrogens is 258 g/mol. The van der Waals surface area contributed by atoms with Crippen LogP contribution in [0.15, 0.2) is 10.5 Å². The lowest BCUT2D eigenvalue weighted by Gasteiger charge is -2.36. The average Bonchev–Trinajstić information content (AvgIpc) is 2.76. The van der Waals surface area contributed by atoms with E-state index in [0.29, 0.717) is 36.7 Å². The maximum atomic E-state index is 12.6. The van der Waals surface area contributed by atoms with E-state index < -0.39 is 6.04 Å². The minimum Gasteiger partial charge on any atom is -0.466 e. The standard InChI is InChI=1S/C14H21N3O3/c1-9-7-11(10(2)20-9)13(18)17-6-5-15-8-12(17)14(19)16(3)4/h7,12,15H,5-6,8H2,1-4H3. The van der Waals surface area contributed by atoms with E-state index in [1.54, 1.807) is 32.0 Å². The number of nitrogens with zero attached hydrogens (tertiary/aromatic N) is 2. The van der Waals surface area contributed by atoms with Gasteiger partial charge in [-0.2, -0.15) is 0 Å². The third-order valence-electron chi connectivity index (χ3n) is 3.50. The van der Waals surface area contributed by atoms with Gasteiger partial charge in [0.15, 0.2) is 0 Å². The maximum Gasteiger partial charge on any atom is 0.258 e. The number of piperazine rings is 1. The second-order valence-corrected chi connectivity index (χ2v) is 5.28. The van der Waals surface area contributed by atoms with Crippen molar-refractivity contribution in [2.24, 2.45) is 0 Å². The first kappa shape index (κ1) is 14.6. The number of carbonyl (C=O) groups is 2. The molecule has 1 aromatic heterocycles. The van der Waals surface area contributed by atoms with Gasteiger partial charge in [0.2, 0.25) is 5.91 Å². The Balaban J connectivity index is 2.26. The van der Waals surface area contributed by atoms with Crippen molar-refractivity contribution in [2.75, 3.05) is 33.7 Å². The number of rotatable bonds is 2. The van der Waals surface area contributed by atoms with Gasteiger partial charge >= 0.3 is 0 Å². The third-order valence-corrected chi connectivity index (χ3v) is 3.50. The summed E-state index contributed by atoms with van der Waals surface area (Å²) in [6, 6.07) is 1.28. The maximum absolute atomic E-state index is 12.6. The lowest BCUT2D eigenvalue weighted by molar-refractivity contribution is -0.134. The number of carbonyl (C=O) groups excluding carboxylic acids is 2. The van der Waals surface area contributed by atoms with Crippen LogP contribution >= 0.6 is 0 Å². The molecular formula is C14H21N3O3. The van der Waals surface area contributed by atoms with E-state index in [1.807, 2.05) is 6.92 Å². The molecule has 6 heteroatoms. The third kappa shape index (κ3) is 2.70. The van der Waals surface area contributed by atoms with Crippen LogP contribution in [0.1, 0.15) is 21.9 Å². The van der Waals surface area contributed by atoms with Crippen molar-refractivity contribution >= 4 is 11.8 Å². The molecule has 1 atom stereocenters. The Labute approximate surface area is 118 Å². The number of amides is 2. The van der Waals surface area contributed by atoms with Gasteiger partial charge in [0.1, 0.15) is 17.6 Å². The van der Waals surface area contributed by atoms with Crippen molar-refractivity contribution in [3.8, 4) is 0 Å². The van der Waals surface area contributed by atoms with Gasteiger partial charge in [-0.3, -0.25) is 9.59 Å². The highest BCUT2D eigenvalue weighted by atomic mass is 16.3. The van der Waals surface area contributed by atoms with Gasteiger partial charge in [0.25, 0.3) is 5.91 Å². The normalized spacial score (nSPS) is 19.0. The Kier molecular flexibility index (Phi) is 4.13. The molecule has 2 rings (SSSR count). The number of furan rings is 1. The molecule has 1 N–H and O–H groups in total. The highest BCUT2D eigenvalue weighted by molar-refractivity contribution is 5.98. The van der Waals surface area contributed by atoms with Crippen LogP contribution in [0.2, 0.25) is 0 Å². The largest absolute Gasteiger partial charge is 0.466 e. The Hall–Kier alpha value is -1.82. The zero-order valence-electron chi connectivity index (χ0n) is 12.4. The second-order valence-electron chi connectivity index (χ2n) is 5.28. The highest BCUT2D eigenvalue weighted by Crippen LogP contribution is 2.18. The molecule has 20 heavy (non-hydrogen) atoms. The van der Waals surface area contributed by atoms with Crippen LogP contribution in [-0.2, 0) is 4.79 Å². The topological polar surface area (TPSA) is 65.8 Å². The van der Waals surface area contributed by atoms with Gasteiger partial charge in [-0.05, 0) is 19.9 Å². The lowest BCUT2D eigenvalue weighted by Crippen LogP contribution is -2.59. The van der Waals surface area contributed by atoms with Gasteiger partial charge in [-0.25, -0.2) is 0 Å². The van der Waals surface area contributed by atoms with Gasteiger partial charge in [-0.1, -0.05) is 0 Å². The van der Waals surface area contributed by atoms with E-state index in [4.69, 9.17) is 4.42 Å². The fourth-order valence-electron chi connectivity index (χ4n) is 2.46. The summed E-state index contributed by atoms with van der Waals surface area (Å²) in [7, 11) is 3.40. The van der Waals surface area contributed by atoms with Crippen LogP contribution in [0, 0.1) is 13.8 Å². The minimum absolute atomic E-state index is 0.0663. The first-order chi connectivity index (χ1) is 9.41. The first-order valence-corrected chi connectivity index (χ1v) is 6.71. The number of hydrogen-bond acceptors (Lipinski definition) is 4. The lowest BCUT2D eigenvalue weighted by atomic mass is 10.1. The Morgan fingerprint density at radius 1 is 1.40 bits per heavy atom. The van der Waals surface area contributed by atoms with Crippen molar-refractivity contribution in [2.45, 2.75) is 19.9 Å². The van der Waals surface area contributed by atoms with Gasteiger partial charge in [-0.15, -0.1) is 0 Å². The Bertz CT molecular complexity index is 522. The molecule has 110 valence electrons. The fourth-order valence-corrected chi connectivity index (χ4v) is 2.46. The van der Waals surface area contributed by atoms with Crippen molar-refractivity contribution in [3.05, 3.63) is 23.2 Å². The summed E-state index contributed by atoms with van der Waals surface area (Å²) in [5, 5.41) is 3.16. The molecule has 0 radical (unpaired) electrons. The molecule has 0 saturated carbocycles. The van der Waals surface area contributed by atoms with Crippen molar-refractivity contribution in [1.82, 2.24) is 15.1 Å². The van der Waals surface area contributed by atoms with E-state index in [0.717, 1.165) is 0 Å². The van der Waals surface area contributed by atoms with Crippen LogP contribution < -0.4 is 5.32 Å². The number of likely N-dealkylation sites (N-methyl/N-ethyl adjacent to an activating group) is 1. The molecule has 1 aromatic rings. The molecule has 1 fully saturated rings. The van der Waals surface area contributed by atoms with Gasteiger partial charge in [0, 0.05) is 33.7 Å². The quantitative estimate of drug-likeness (QED) is 0.851. The summed E-state index contributed by atoms with van der Waals surface area (Å²) in [6.07, 6.45) is 0. The second kappa shape index (κ2) is 5.66. The summed E-state index contributed by atoms with van der Waals surface area (Å²) < 4.78 is 5.41. The van der Waals surface area contributed by atoms with Gasteiger partial charge < -0.3 is 19.5 Å². The van der Waals surface area contributed by atoms with Crippen LogP contribution in [0.4, 0.5) is 0 Å². The number of nitrogens with one attached hydrogen (secondary N) is 1. The summed E-state index contributed by atoms with van der Waals surface area (Å²) >= 11 is 0. The molecule has 0 bridgehead atoms. The summed E-state index contributed by atoms with van der Waals surface area (Å²) in [4.78, 5) is 28.0. The van der Waals surface area contributed by atoms with Crippen LogP contribution in [0.25, 0.3) is 0 Å². The van der Waals surface area contributed by atoms with E-state index >= 15 is 0 Å². The molecule has 2 amide bonds. The fraction of sp³-hybridized carbons (Fsp3) is 0.571. The zero-order valence-corrected chi connectivity index (χ0v) is 12.4. The molecule has 1 saturated heterocycles. The van der Waals surface area contributed by atoms with Crippen molar-refractivity contribution in [1.29, 1.82) is 0 Å². The molecule has 0 aliphatic carbocycles. The monoisotopic (exact) mass is 279 g/mol. The highest BCUT2D eigenvalue weighted by Gasteiger charge is 2.34. The molecule has 0 aromatic carbocycles. The van der Waals surface area contributed by atoms with E-state index in [9.17, 15) is 9.59 Å². The Morgan fingerprint density at radius 2 is 2.10 bits per heavy atom. The molecule has 1 unspecified atom stereocenters. The predicted molar refractivity (Wildman–Crippen MR) is 74.6 cm³/mol. The van der Waals surface area contributed by atoms with E-state index in [2.05, 4.69) is 5.32 Å². The van der Waals surface area contributed by atoms with Crippen LogP contribution in [0.3, 0.4) is 0 Å². The predicted octanol–water partition coefficient (Wildman–Crippen LogP) is 0.399. The zero-order chi connectivity index (χ0) is 14.9. The smallest absolute Gasteiger partial charge is 0.258 e. The average molecular weight is 279 g/mol. The van der Waals surface area contributed by atoms with Crippen LogP contribution in [-0.4, -0.2) is 61.4 Å². The van der Waals surface area contributed by atoms with Crippen LogP contribution in [0.5, 0.6) is 0 Å². The van der Waals surface area contributed by atoms with Crippen molar-refractivity contribution < 1.29 is 14.0 Å². The molecule has 6 nitrogen and oxygen atoms in total. The van der Waals surface area contributed by atoms with E-state index in [-0.39, 0.29) is 11.8 Å². The molecule has 2 heterocycles. The summed E-state index contributed by atoms with van der Waals surface area (Å²) in [5.41, 5.74) is 0.543.